The van der Waals surface area contributed by atoms with Crippen molar-refractivity contribution in [3.8, 4) is 5.75 Å². The Balaban J connectivity index is 2.07. The molecule has 0 bridgehead atoms. The van der Waals surface area contributed by atoms with E-state index < -0.39 is 0 Å². The van der Waals surface area contributed by atoms with E-state index in [4.69, 9.17) is 32.4 Å². The molecule has 0 aliphatic carbocycles. The van der Waals surface area contributed by atoms with E-state index in [1.807, 2.05) is 0 Å². The van der Waals surface area contributed by atoms with Gasteiger partial charge in [0.05, 0.1) is 6.26 Å². The first-order valence-corrected chi connectivity index (χ1v) is 4.85. The lowest BCUT2D eigenvalue weighted by molar-refractivity contribution is 0.269. The molecule has 4 nitrogen and oxygen atoms in total. The largest absolute Gasteiger partial charge is 0.482 e. The zero-order valence-corrected chi connectivity index (χ0v) is 9.00. The molecule has 0 spiro atoms. The second kappa shape index (κ2) is 4.51. The average Bonchev–Trinajstić information content (AvgIpc) is 2.72. The van der Waals surface area contributed by atoms with Gasteiger partial charge in [-0.2, -0.15) is 0 Å². The van der Waals surface area contributed by atoms with E-state index in [1.165, 1.54) is 6.07 Å². The van der Waals surface area contributed by atoms with Crippen LogP contribution in [-0.4, -0.2) is 10.2 Å². The molecule has 0 aliphatic heterocycles. The molecule has 0 radical (unpaired) electrons. The molecule has 0 aliphatic rings. The zero-order valence-electron chi connectivity index (χ0n) is 7.48. The summed E-state index contributed by atoms with van der Waals surface area (Å²) in [6.07, 6.45) is 1.57. The lowest BCUT2D eigenvalue weighted by Crippen LogP contribution is -1.96. The predicted molar refractivity (Wildman–Crippen MR) is 55.1 cm³/mol. The van der Waals surface area contributed by atoms with Crippen molar-refractivity contribution >= 4 is 23.2 Å². The Bertz CT molecular complexity index is 445. The fourth-order valence-corrected chi connectivity index (χ4v) is 1.27. The quantitative estimate of drug-likeness (QED) is 0.833. The van der Waals surface area contributed by atoms with Crippen LogP contribution in [0.1, 0.15) is 5.76 Å². The number of rotatable bonds is 3. The molecule has 2 rings (SSSR count). The van der Waals surface area contributed by atoms with Crippen LogP contribution in [-0.2, 0) is 6.61 Å². The Kier molecular flexibility index (Phi) is 3.08. The smallest absolute Gasteiger partial charge is 0.193 e. The average molecular weight is 245 g/mol. The SMILES string of the molecule is Clc1cc(OCc2ccco2)c(Cl)nn1. The van der Waals surface area contributed by atoms with Gasteiger partial charge in [0.2, 0.25) is 0 Å². The summed E-state index contributed by atoms with van der Waals surface area (Å²) in [7, 11) is 0. The maximum Gasteiger partial charge on any atom is 0.193 e. The highest BCUT2D eigenvalue weighted by Gasteiger charge is 2.06. The Morgan fingerprint density at radius 2 is 2.20 bits per heavy atom. The van der Waals surface area contributed by atoms with Crippen molar-refractivity contribution in [2.24, 2.45) is 0 Å². The van der Waals surface area contributed by atoms with Crippen molar-refractivity contribution in [3.05, 3.63) is 40.5 Å². The number of halogens is 2. The van der Waals surface area contributed by atoms with Gasteiger partial charge in [-0.25, -0.2) is 0 Å². The molecule has 2 heterocycles. The number of ether oxygens (including phenoxy) is 1. The molecule has 2 aromatic heterocycles. The van der Waals surface area contributed by atoms with Gasteiger partial charge in [0, 0.05) is 6.07 Å². The summed E-state index contributed by atoms with van der Waals surface area (Å²) in [5, 5.41) is 7.57. The molecule has 0 saturated carbocycles. The predicted octanol–water partition coefficient (Wildman–Crippen LogP) is 2.96. The summed E-state index contributed by atoms with van der Waals surface area (Å²) in [4.78, 5) is 0. The minimum Gasteiger partial charge on any atom is -0.482 e. The molecule has 0 unspecified atom stereocenters. The Morgan fingerprint density at radius 3 is 2.93 bits per heavy atom. The van der Waals surface area contributed by atoms with Crippen LogP contribution in [0.25, 0.3) is 0 Å². The maximum atomic E-state index is 5.75. The van der Waals surface area contributed by atoms with E-state index >= 15 is 0 Å². The van der Waals surface area contributed by atoms with Crippen molar-refractivity contribution in [3.63, 3.8) is 0 Å². The second-order valence-electron chi connectivity index (χ2n) is 2.69. The van der Waals surface area contributed by atoms with Crippen molar-refractivity contribution in [1.29, 1.82) is 0 Å². The molecule has 0 amide bonds. The van der Waals surface area contributed by atoms with E-state index in [9.17, 15) is 0 Å². The van der Waals surface area contributed by atoms with Gasteiger partial charge < -0.3 is 9.15 Å². The molecule has 0 N–H and O–H groups in total. The third-order valence-corrected chi connectivity index (χ3v) is 2.08. The summed E-state index contributed by atoms with van der Waals surface area (Å²) >= 11 is 11.4. The second-order valence-corrected chi connectivity index (χ2v) is 3.44. The third-order valence-electron chi connectivity index (χ3n) is 1.64. The summed E-state index contributed by atoms with van der Waals surface area (Å²) in [6.45, 7) is 0.273. The molecule has 0 aromatic carbocycles. The van der Waals surface area contributed by atoms with Crippen molar-refractivity contribution in [2.75, 3.05) is 0 Å². The number of nitrogens with zero attached hydrogens (tertiary/aromatic N) is 2. The van der Waals surface area contributed by atoms with Crippen LogP contribution in [0.3, 0.4) is 0 Å². The van der Waals surface area contributed by atoms with E-state index in [2.05, 4.69) is 10.2 Å². The molecule has 0 atom stereocenters. The Morgan fingerprint density at radius 1 is 1.33 bits per heavy atom. The van der Waals surface area contributed by atoms with Crippen LogP contribution in [0, 0.1) is 0 Å². The van der Waals surface area contributed by atoms with Gasteiger partial charge in [0.1, 0.15) is 12.4 Å². The Hall–Kier alpha value is -1.26. The van der Waals surface area contributed by atoms with Crippen LogP contribution >= 0.6 is 23.2 Å². The van der Waals surface area contributed by atoms with Gasteiger partial charge in [-0.1, -0.05) is 23.2 Å². The zero-order chi connectivity index (χ0) is 10.7. The first kappa shape index (κ1) is 10.3. The van der Waals surface area contributed by atoms with Crippen LogP contribution in [0.2, 0.25) is 10.3 Å². The molecule has 15 heavy (non-hydrogen) atoms. The van der Waals surface area contributed by atoms with Crippen molar-refractivity contribution in [2.45, 2.75) is 6.61 Å². The third kappa shape index (κ3) is 2.61. The van der Waals surface area contributed by atoms with Gasteiger partial charge in [0.15, 0.2) is 16.1 Å². The standard InChI is InChI=1S/C9H6Cl2N2O2/c10-8-4-7(9(11)13-12-8)15-5-6-2-1-3-14-6/h1-4H,5H2. The van der Waals surface area contributed by atoms with Gasteiger partial charge in [-0.15, -0.1) is 10.2 Å². The molecular formula is C9H6Cl2N2O2. The summed E-state index contributed by atoms with van der Waals surface area (Å²) in [5.41, 5.74) is 0. The molecule has 6 heteroatoms. The lowest BCUT2D eigenvalue weighted by Gasteiger charge is -2.04. The van der Waals surface area contributed by atoms with Crippen LogP contribution in [0.5, 0.6) is 5.75 Å². The molecule has 0 fully saturated rings. The number of hydrogen-bond donors (Lipinski definition) is 0. The van der Waals surface area contributed by atoms with Gasteiger partial charge >= 0.3 is 0 Å². The minimum atomic E-state index is 0.172. The van der Waals surface area contributed by atoms with Gasteiger partial charge in [-0.05, 0) is 12.1 Å². The summed E-state index contributed by atoms with van der Waals surface area (Å²) < 4.78 is 10.4. The van der Waals surface area contributed by atoms with Crippen LogP contribution in [0.4, 0.5) is 0 Å². The molecule has 0 saturated heterocycles. The number of furan rings is 1. The first-order valence-electron chi connectivity index (χ1n) is 4.09. The molecule has 78 valence electrons. The lowest BCUT2D eigenvalue weighted by atomic mass is 10.5. The molecular weight excluding hydrogens is 239 g/mol. The van der Waals surface area contributed by atoms with E-state index in [0.29, 0.717) is 11.5 Å². The van der Waals surface area contributed by atoms with E-state index in [0.717, 1.165) is 0 Å². The first-order chi connectivity index (χ1) is 7.25. The minimum absolute atomic E-state index is 0.172. The maximum absolute atomic E-state index is 5.75. The Labute approximate surface area is 95.8 Å². The summed E-state index contributed by atoms with van der Waals surface area (Å²) in [6, 6.07) is 5.07. The van der Waals surface area contributed by atoms with Crippen LogP contribution < -0.4 is 4.74 Å². The van der Waals surface area contributed by atoms with Gasteiger partial charge in [-0.3, -0.25) is 0 Å². The van der Waals surface area contributed by atoms with E-state index in [1.54, 1.807) is 18.4 Å². The number of aromatic nitrogens is 2. The monoisotopic (exact) mass is 244 g/mol. The highest BCUT2D eigenvalue weighted by atomic mass is 35.5. The summed E-state index contributed by atoms with van der Waals surface area (Å²) in [5.74, 6) is 1.08. The number of hydrogen-bond acceptors (Lipinski definition) is 4. The normalized spacial score (nSPS) is 10.3. The fraction of sp³-hybridized carbons (Fsp3) is 0.111. The molecule has 2 aromatic rings. The van der Waals surface area contributed by atoms with Crippen molar-refractivity contribution < 1.29 is 9.15 Å². The van der Waals surface area contributed by atoms with Crippen molar-refractivity contribution in [1.82, 2.24) is 10.2 Å². The van der Waals surface area contributed by atoms with Gasteiger partial charge in [0.25, 0.3) is 0 Å². The fourth-order valence-electron chi connectivity index (χ4n) is 0.982. The van der Waals surface area contributed by atoms with E-state index in [-0.39, 0.29) is 16.9 Å². The highest BCUT2D eigenvalue weighted by Crippen LogP contribution is 2.24. The topological polar surface area (TPSA) is 48.2 Å². The van der Waals surface area contributed by atoms with Crippen LogP contribution in [0.15, 0.2) is 28.9 Å². The highest BCUT2D eigenvalue weighted by molar-refractivity contribution is 6.32.